The second-order valence-electron chi connectivity index (χ2n) is 5.25. The Labute approximate surface area is 129 Å². The number of aryl methyl sites for hydroxylation is 1. The molecule has 0 saturated heterocycles. The van der Waals surface area contributed by atoms with Gasteiger partial charge in [-0.15, -0.1) is 12.4 Å². The van der Waals surface area contributed by atoms with E-state index in [0.29, 0.717) is 6.42 Å². The van der Waals surface area contributed by atoms with Gasteiger partial charge in [0.05, 0.1) is 0 Å². The number of benzene rings is 1. The van der Waals surface area contributed by atoms with E-state index in [-0.39, 0.29) is 24.4 Å². The number of nitrogens with one attached hydrogen (secondary N) is 1. The number of halogens is 1. The molecule has 20 heavy (non-hydrogen) atoms. The van der Waals surface area contributed by atoms with Crippen molar-refractivity contribution in [3.05, 3.63) is 35.4 Å². The molecule has 4 heteroatoms. The van der Waals surface area contributed by atoms with Gasteiger partial charge in [0.15, 0.2) is 0 Å². The van der Waals surface area contributed by atoms with E-state index in [0.717, 1.165) is 19.4 Å². The zero-order valence-electron chi connectivity index (χ0n) is 13.0. The molecule has 1 unspecified atom stereocenters. The van der Waals surface area contributed by atoms with E-state index in [1.807, 2.05) is 19.0 Å². The summed E-state index contributed by atoms with van der Waals surface area (Å²) >= 11 is 0. The fourth-order valence-electron chi connectivity index (χ4n) is 2.04. The number of hydrogen-bond donors (Lipinski definition) is 1. The number of hydrogen-bond acceptors (Lipinski definition) is 2. The third kappa shape index (κ3) is 6.40. The highest BCUT2D eigenvalue weighted by molar-refractivity contribution is 5.85. The van der Waals surface area contributed by atoms with Crippen molar-refractivity contribution < 1.29 is 4.79 Å². The van der Waals surface area contributed by atoms with Gasteiger partial charge in [-0.25, -0.2) is 0 Å². The molecule has 0 aliphatic carbocycles. The fourth-order valence-corrected chi connectivity index (χ4v) is 2.04. The van der Waals surface area contributed by atoms with Crippen molar-refractivity contribution in [1.29, 1.82) is 0 Å². The molecule has 0 aliphatic rings. The summed E-state index contributed by atoms with van der Waals surface area (Å²) in [7, 11) is 3.81. The Kier molecular flexibility index (Phi) is 9.26. The predicted molar refractivity (Wildman–Crippen MR) is 87.5 cm³/mol. The van der Waals surface area contributed by atoms with Gasteiger partial charge >= 0.3 is 0 Å². The van der Waals surface area contributed by atoms with E-state index >= 15 is 0 Å². The minimum absolute atomic E-state index is 0. The minimum atomic E-state index is 0. The Bertz CT molecular complexity index is 392. The Balaban J connectivity index is 0.00000361. The van der Waals surface area contributed by atoms with Crippen molar-refractivity contribution in [2.24, 2.45) is 0 Å². The Morgan fingerprint density at radius 1 is 1.30 bits per heavy atom. The first-order valence-electron chi connectivity index (χ1n) is 7.00. The third-order valence-corrected chi connectivity index (χ3v) is 3.52. The Hall–Kier alpha value is -1.06. The molecule has 0 heterocycles. The van der Waals surface area contributed by atoms with E-state index in [1.54, 1.807) is 0 Å². The topological polar surface area (TPSA) is 32.3 Å². The maximum atomic E-state index is 12.0. The van der Waals surface area contributed by atoms with Gasteiger partial charge in [0.1, 0.15) is 0 Å². The summed E-state index contributed by atoms with van der Waals surface area (Å²) in [5, 5.41) is 3.07. The summed E-state index contributed by atoms with van der Waals surface area (Å²) in [6.07, 6.45) is 2.43. The second kappa shape index (κ2) is 9.78. The lowest BCUT2D eigenvalue weighted by Crippen LogP contribution is -2.36. The second-order valence-corrected chi connectivity index (χ2v) is 5.25. The van der Waals surface area contributed by atoms with E-state index in [2.05, 4.69) is 43.4 Å². The molecule has 3 nitrogen and oxygen atoms in total. The molecule has 1 aromatic carbocycles. The van der Waals surface area contributed by atoms with Gasteiger partial charge in [-0.2, -0.15) is 0 Å². The monoisotopic (exact) mass is 298 g/mol. The summed E-state index contributed by atoms with van der Waals surface area (Å²) < 4.78 is 0. The summed E-state index contributed by atoms with van der Waals surface area (Å²) in [5.41, 5.74) is 2.56. The molecule has 114 valence electrons. The maximum Gasteiger partial charge on any atom is 0.222 e. The summed E-state index contributed by atoms with van der Waals surface area (Å²) in [6.45, 7) is 5.09. The highest BCUT2D eigenvalue weighted by Crippen LogP contribution is 2.10. The summed E-state index contributed by atoms with van der Waals surface area (Å²) in [6, 6.07) is 8.77. The number of carbonyl (C=O) groups excluding carboxylic acids is 1. The third-order valence-electron chi connectivity index (χ3n) is 3.52. The smallest absolute Gasteiger partial charge is 0.222 e. The minimum Gasteiger partial charge on any atom is -0.343 e. The first-order valence-corrected chi connectivity index (χ1v) is 7.00. The molecule has 1 aromatic rings. The predicted octanol–water partition coefficient (Wildman–Crippen LogP) is 2.81. The Morgan fingerprint density at radius 2 is 1.90 bits per heavy atom. The van der Waals surface area contributed by atoms with Crippen LogP contribution < -0.4 is 5.32 Å². The standard InChI is InChI=1S/C16H26N2O.ClH/c1-13-7-9-15(10-8-13)12-14(2)18(4)16(19)6-5-11-17-3;/h7-10,14,17H,5-6,11-12H2,1-4H3;1H. The van der Waals surface area contributed by atoms with Crippen LogP contribution in [0.1, 0.15) is 30.9 Å². The van der Waals surface area contributed by atoms with E-state index < -0.39 is 0 Å². The van der Waals surface area contributed by atoms with Gasteiger partial charge in [0.25, 0.3) is 0 Å². The van der Waals surface area contributed by atoms with Crippen LogP contribution in [0.4, 0.5) is 0 Å². The molecule has 1 N–H and O–H groups in total. The molecule has 0 fully saturated rings. The molecule has 0 spiro atoms. The number of nitrogens with zero attached hydrogens (tertiary/aromatic N) is 1. The van der Waals surface area contributed by atoms with Crippen LogP contribution in [0.15, 0.2) is 24.3 Å². The van der Waals surface area contributed by atoms with Crippen LogP contribution in [-0.2, 0) is 11.2 Å². The van der Waals surface area contributed by atoms with Crippen molar-refractivity contribution in [2.75, 3.05) is 20.6 Å². The summed E-state index contributed by atoms with van der Waals surface area (Å²) in [5.74, 6) is 0.231. The molecule has 1 rings (SSSR count). The number of rotatable bonds is 7. The van der Waals surface area contributed by atoms with Crippen molar-refractivity contribution in [1.82, 2.24) is 10.2 Å². The molecule has 0 radical (unpaired) electrons. The van der Waals surface area contributed by atoms with Crippen LogP contribution in [0, 0.1) is 6.92 Å². The van der Waals surface area contributed by atoms with Crippen LogP contribution >= 0.6 is 12.4 Å². The maximum absolute atomic E-state index is 12.0. The fraction of sp³-hybridized carbons (Fsp3) is 0.562. The highest BCUT2D eigenvalue weighted by Gasteiger charge is 2.15. The van der Waals surface area contributed by atoms with Crippen LogP contribution in [-0.4, -0.2) is 37.5 Å². The van der Waals surface area contributed by atoms with E-state index in [9.17, 15) is 4.79 Å². The van der Waals surface area contributed by atoms with E-state index in [1.165, 1.54) is 11.1 Å². The van der Waals surface area contributed by atoms with Crippen molar-refractivity contribution in [3.63, 3.8) is 0 Å². The van der Waals surface area contributed by atoms with Gasteiger partial charge < -0.3 is 10.2 Å². The molecule has 1 atom stereocenters. The average molecular weight is 299 g/mol. The van der Waals surface area contributed by atoms with Crippen LogP contribution in [0.5, 0.6) is 0 Å². The summed E-state index contributed by atoms with van der Waals surface area (Å²) in [4.78, 5) is 13.9. The number of likely N-dealkylation sites (N-methyl/N-ethyl adjacent to an activating group) is 1. The lowest BCUT2D eigenvalue weighted by Gasteiger charge is -2.25. The number of amides is 1. The molecule has 0 aliphatic heterocycles. The van der Waals surface area contributed by atoms with Crippen LogP contribution in [0.3, 0.4) is 0 Å². The van der Waals surface area contributed by atoms with Crippen molar-refractivity contribution in [2.45, 2.75) is 39.2 Å². The largest absolute Gasteiger partial charge is 0.343 e. The van der Waals surface area contributed by atoms with Gasteiger partial charge in [0.2, 0.25) is 5.91 Å². The average Bonchev–Trinajstić information content (AvgIpc) is 2.40. The van der Waals surface area contributed by atoms with E-state index in [4.69, 9.17) is 0 Å². The van der Waals surface area contributed by atoms with Gasteiger partial charge in [-0.1, -0.05) is 29.8 Å². The van der Waals surface area contributed by atoms with Crippen LogP contribution in [0.2, 0.25) is 0 Å². The number of carbonyl (C=O) groups is 1. The lowest BCUT2D eigenvalue weighted by atomic mass is 10.0. The quantitative estimate of drug-likeness (QED) is 0.785. The van der Waals surface area contributed by atoms with Crippen molar-refractivity contribution in [3.8, 4) is 0 Å². The molecule has 0 aromatic heterocycles. The van der Waals surface area contributed by atoms with Crippen LogP contribution in [0.25, 0.3) is 0 Å². The van der Waals surface area contributed by atoms with Gasteiger partial charge in [-0.3, -0.25) is 4.79 Å². The SMILES string of the molecule is CNCCCC(=O)N(C)C(C)Cc1ccc(C)cc1.Cl. The molecule has 0 saturated carbocycles. The molecule has 1 amide bonds. The normalized spacial score (nSPS) is 11.6. The van der Waals surface area contributed by atoms with Crippen molar-refractivity contribution >= 4 is 18.3 Å². The molecular formula is C16H27ClN2O. The first-order chi connectivity index (χ1) is 9.04. The highest BCUT2D eigenvalue weighted by atomic mass is 35.5. The molecule has 0 bridgehead atoms. The molecular weight excluding hydrogens is 272 g/mol. The first kappa shape index (κ1) is 18.9. The zero-order valence-corrected chi connectivity index (χ0v) is 13.8. The van der Waals surface area contributed by atoms with Gasteiger partial charge in [0, 0.05) is 19.5 Å². The Morgan fingerprint density at radius 3 is 2.45 bits per heavy atom. The zero-order chi connectivity index (χ0) is 14.3. The lowest BCUT2D eigenvalue weighted by molar-refractivity contribution is -0.131. The van der Waals surface area contributed by atoms with Gasteiger partial charge in [-0.05, 0) is 45.8 Å².